The minimum absolute atomic E-state index is 0.798. The summed E-state index contributed by atoms with van der Waals surface area (Å²) in [5, 5.41) is 1.61. The van der Waals surface area contributed by atoms with Crippen LogP contribution in [-0.2, 0) is 0 Å². The van der Waals surface area contributed by atoms with Crippen LogP contribution in [0.3, 0.4) is 0 Å². The van der Waals surface area contributed by atoms with Gasteiger partial charge in [-0.25, -0.2) is 0 Å². The van der Waals surface area contributed by atoms with Gasteiger partial charge in [0.1, 0.15) is 0 Å². The van der Waals surface area contributed by atoms with E-state index in [1.54, 1.807) is 0 Å². The molecule has 4 aromatic carbocycles. The molecule has 36 heavy (non-hydrogen) atoms. The first-order chi connectivity index (χ1) is 17.7. The Morgan fingerprint density at radius 2 is 0.639 bits per heavy atom. The second kappa shape index (κ2) is 11.3. The summed E-state index contributed by atoms with van der Waals surface area (Å²) in [4.78, 5) is 8.88. The second-order valence-electron chi connectivity index (χ2n) is 8.55. The fraction of sp³-hybridized carbons (Fsp3) is 0.133. The molecule has 6 heteroatoms. The molecule has 1 fully saturated rings. The number of benzene rings is 4. The monoisotopic (exact) mass is 508 g/mol. The molecule has 0 bridgehead atoms. The summed E-state index contributed by atoms with van der Waals surface area (Å²) in [7, 11) is 0. The van der Waals surface area contributed by atoms with E-state index in [2.05, 4.69) is 68.1 Å². The molecule has 0 atom stereocenters. The number of para-hydroxylation sites is 4. The first-order valence-corrected chi connectivity index (χ1v) is 12.9. The van der Waals surface area contributed by atoms with E-state index >= 15 is 0 Å². The smallest absolute Gasteiger partial charge is 0.180 e. The van der Waals surface area contributed by atoms with Crippen LogP contribution in [-0.4, -0.2) is 46.2 Å². The van der Waals surface area contributed by atoms with Crippen LogP contribution < -0.4 is 9.80 Å². The highest BCUT2D eigenvalue weighted by atomic mass is 32.1. The maximum Gasteiger partial charge on any atom is 0.180 e. The van der Waals surface area contributed by atoms with Gasteiger partial charge in [0.2, 0.25) is 0 Å². The van der Waals surface area contributed by atoms with Crippen molar-refractivity contribution < 1.29 is 0 Å². The van der Waals surface area contributed by atoms with Crippen LogP contribution in [0.4, 0.5) is 22.7 Å². The third-order valence-corrected chi connectivity index (χ3v) is 7.14. The fourth-order valence-electron chi connectivity index (χ4n) is 4.42. The van der Waals surface area contributed by atoms with Crippen molar-refractivity contribution in [2.45, 2.75) is 0 Å². The van der Waals surface area contributed by atoms with Crippen molar-refractivity contribution in [2.24, 2.45) is 0 Å². The van der Waals surface area contributed by atoms with Gasteiger partial charge in [0.15, 0.2) is 10.2 Å². The largest absolute Gasteiger partial charge is 0.345 e. The molecule has 1 heterocycles. The van der Waals surface area contributed by atoms with Crippen molar-refractivity contribution in [3.8, 4) is 0 Å². The average Bonchev–Trinajstić information content (AvgIpc) is 2.96. The maximum absolute atomic E-state index is 6.06. The van der Waals surface area contributed by atoms with Crippen LogP contribution in [0.5, 0.6) is 0 Å². The Bertz CT molecular complexity index is 1090. The van der Waals surface area contributed by atoms with Crippen LogP contribution in [0.15, 0.2) is 121 Å². The summed E-state index contributed by atoms with van der Waals surface area (Å²) < 4.78 is 0. The first-order valence-electron chi connectivity index (χ1n) is 12.1. The molecule has 1 saturated heterocycles. The molecule has 1 aliphatic rings. The van der Waals surface area contributed by atoms with Gasteiger partial charge in [0.25, 0.3) is 0 Å². The molecule has 5 rings (SSSR count). The van der Waals surface area contributed by atoms with Crippen molar-refractivity contribution in [3.05, 3.63) is 121 Å². The average molecular weight is 509 g/mol. The SMILES string of the molecule is S=C(N1CCN(C(=S)N(c2ccccc2)c2ccccc2)CC1)N(c1ccccc1)c1ccccc1. The molecular weight excluding hydrogens is 480 g/mol. The molecule has 0 unspecified atom stereocenters. The van der Waals surface area contributed by atoms with Crippen molar-refractivity contribution in [1.29, 1.82) is 0 Å². The van der Waals surface area contributed by atoms with Gasteiger partial charge in [-0.3, -0.25) is 9.80 Å². The highest BCUT2D eigenvalue weighted by Gasteiger charge is 2.28. The van der Waals surface area contributed by atoms with Gasteiger partial charge in [-0.2, -0.15) is 0 Å². The standard InChI is InChI=1S/C30H28N4S2/c35-29(33(25-13-5-1-6-14-25)26-15-7-2-8-16-26)31-21-23-32(24-22-31)30(36)34(27-17-9-3-10-18-27)28-19-11-4-12-20-28/h1-20H,21-24H2. The zero-order valence-electron chi connectivity index (χ0n) is 20.0. The molecule has 0 saturated carbocycles. The number of piperazine rings is 1. The number of rotatable bonds is 4. The minimum atomic E-state index is 0.798. The van der Waals surface area contributed by atoms with Gasteiger partial charge in [-0.05, 0) is 73.0 Å². The van der Waals surface area contributed by atoms with E-state index in [1.807, 2.05) is 72.8 Å². The molecule has 1 aliphatic heterocycles. The van der Waals surface area contributed by atoms with Crippen LogP contribution in [0, 0.1) is 0 Å². The molecule has 0 spiro atoms. The highest BCUT2D eigenvalue weighted by Crippen LogP contribution is 2.29. The quantitative estimate of drug-likeness (QED) is 0.278. The molecule has 0 amide bonds. The highest BCUT2D eigenvalue weighted by molar-refractivity contribution is 7.80. The second-order valence-corrected chi connectivity index (χ2v) is 9.28. The number of thiocarbonyl (C=S) groups is 2. The molecular formula is C30H28N4S2. The number of nitrogens with zero attached hydrogens (tertiary/aromatic N) is 4. The van der Waals surface area contributed by atoms with Crippen LogP contribution in [0.1, 0.15) is 0 Å². The Morgan fingerprint density at radius 3 is 0.861 bits per heavy atom. The van der Waals surface area contributed by atoms with Crippen LogP contribution in [0.2, 0.25) is 0 Å². The predicted octanol–water partition coefficient (Wildman–Crippen LogP) is 6.85. The number of hydrogen-bond acceptors (Lipinski definition) is 2. The lowest BCUT2D eigenvalue weighted by Gasteiger charge is -2.42. The summed E-state index contributed by atoms with van der Waals surface area (Å²) in [5.41, 5.74) is 4.24. The van der Waals surface area contributed by atoms with Gasteiger partial charge >= 0.3 is 0 Å². The number of anilines is 4. The Balaban J connectivity index is 1.34. The zero-order chi connectivity index (χ0) is 24.7. The molecule has 0 radical (unpaired) electrons. The minimum Gasteiger partial charge on any atom is -0.345 e. The Kier molecular flexibility index (Phi) is 7.55. The van der Waals surface area contributed by atoms with E-state index in [0.717, 1.165) is 59.2 Å². The summed E-state index contributed by atoms with van der Waals surface area (Å²) in [5.74, 6) is 0. The summed E-state index contributed by atoms with van der Waals surface area (Å²) >= 11 is 12.1. The lowest BCUT2D eigenvalue weighted by Crippen LogP contribution is -2.55. The molecule has 0 aromatic heterocycles. The van der Waals surface area contributed by atoms with Gasteiger partial charge in [-0.1, -0.05) is 72.8 Å². The molecule has 180 valence electrons. The Labute approximate surface area is 224 Å². The van der Waals surface area contributed by atoms with E-state index in [4.69, 9.17) is 24.4 Å². The Hall–Kier alpha value is -3.74. The zero-order valence-corrected chi connectivity index (χ0v) is 21.6. The van der Waals surface area contributed by atoms with E-state index in [1.165, 1.54) is 0 Å². The first kappa shape index (κ1) is 24.0. The lowest BCUT2D eigenvalue weighted by atomic mass is 10.2. The maximum atomic E-state index is 6.06. The van der Waals surface area contributed by atoms with Crippen molar-refractivity contribution >= 4 is 57.4 Å². The molecule has 4 nitrogen and oxygen atoms in total. The topological polar surface area (TPSA) is 13.0 Å². The van der Waals surface area contributed by atoms with Crippen molar-refractivity contribution in [1.82, 2.24) is 9.80 Å². The molecule has 0 aliphatic carbocycles. The Morgan fingerprint density at radius 1 is 0.417 bits per heavy atom. The summed E-state index contributed by atoms with van der Waals surface area (Å²) in [6, 6.07) is 41.3. The van der Waals surface area contributed by atoms with Gasteiger partial charge in [0, 0.05) is 48.9 Å². The number of hydrogen-bond donors (Lipinski definition) is 0. The molecule has 4 aromatic rings. The molecule has 0 N–H and O–H groups in total. The van der Waals surface area contributed by atoms with Crippen LogP contribution >= 0.6 is 24.4 Å². The predicted molar refractivity (Wildman–Crippen MR) is 158 cm³/mol. The third kappa shape index (κ3) is 5.25. The fourth-order valence-corrected chi connectivity index (χ4v) is 5.21. The van der Waals surface area contributed by atoms with E-state index in [-0.39, 0.29) is 0 Å². The van der Waals surface area contributed by atoms with E-state index in [0.29, 0.717) is 0 Å². The van der Waals surface area contributed by atoms with Crippen molar-refractivity contribution in [3.63, 3.8) is 0 Å². The normalized spacial score (nSPS) is 13.2. The van der Waals surface area contributed by atoms with Gasteiger partial charge in [-0.15, -0.1) is 0 Å². The lowest BCUT2D eigenvalue weighted by molar-refractivity contribution is 0.261. The van der Waals surface area contributed by atoms with Gasteiger partial charge < -0.3 is 9.80 Å². The van der Waals surface area contributed by atoms with E-state index in [9.17, 15) is 0 Å². The van der Waals surface area contributed by atoms with E-state index < -0.39 is 0 Å². The van der Waals surface area contributed by atoms with Crippen molar-refractivity contribution in [2.75, 3.05) is 36.0 Å². The summed E-state index contributed by atoms with van der Waals surface area (Å²) in [6.45, 7) is 3.19. The van der Waals surface area contributed by atoms with Crippen LogP contribution in [0.25, 0.3) is 0 Å². The van der Waals surface area contributed by atoms with Gasteiger partial charge in [0.05, 0.1) is 0 Å². The third-order valence-electron chi connectivity index (χ3n) is 6.26. The summed E-state index contributed by atoms with van der Waals surface area (Å²) in [6.07, 6.45) is 0.